The van der Waals surface area contributed by atoms with Crippen LogP contribution >= 0.6 is 0 Å². The summed E-state index contributed by atoms with van der Waals surface area (Å²) in [5.74, 6) is -1.60. The van der Waals surface area contributed by atoms with E-state index >= 15 is 0 Å². The Morgan fingerprint density at radius 1 is 1.41 bits per heavy atom. The Bertz CT molecular complexity index is 412. The molecule has 0 amide bonds. The van der Waals surface area contributed by atoms with Gasteiger partial charge >= 0.3 is 6.18 Å². The van der Waals surface area contributed by atoms with E-state index in [1.165, 1.54) is 13.2 Å². The first-order valence-corrected chi connectivity index (χ1v) is 4.82. The van der Waals surface area contributed by atoms with E-state index in [0.29, 0.717) is 11.4 Å². The molecule has 17 heavy (non-hydrogen) atoms. The first-order valence-electron chi connectivity index (χ1n) is 4.82. The van der Waals surface area contributed by atoms with E-state index in [0.717, 1.165) is 0 Å². The van der Waals surface area contributed by atoms with Crippen molar-refractivity contribution < 1.29 is 17.9 Å². The number of rotatable bonds is 4. The maximum atomic E-state index is 12.3. The highest BCUT2D eigenvalue weighted by molar-refractivity contribution is 5.56. The molecule has 0 aliphatic carbocycles. The molecule has 6 heteroatoms. The predicted molar refractivity (Wildman–Crippen MR) is 56.6 cm³/mol. The lowest BCUT2D eigenvalue weighted by molar-refractivity contribution is -0.155. The fourth-order valence-electron chi connectivity index (χ4n) is 1.24. The van der Waals surface area contributed by atoms with Crippen molar-refractivity contribution in [2.75, 3.05) is 19.0 Å². The zero-order chi connectivity index (χ0) is 12.9. The Morgan fingerprint density at radius 3 is 2.59 bits per heavy atom. The van der Waals surface area contributed by atoms with Crippen LogP contribution in [0.3, 0.4) is 0 Å². The molecule has 0 spiro atoms. The highest BCUT2D eigenvalue weighted by atomic mass is 19.4. The van der Waals surface area contributed by atoms with Gasteiger partial charge in [-0.25, -0.2) is 0 Å². The van der Waals surface area contributed by atoms with Gasteiger partial charge in [0.2, 0.25) is 0 Å². The molecule has 0 fully saturated rings. The maximum Gasteiger partial charge on any atom is 0.406 e. The Balaban J connectivity index is 2.70. The van der Waals surface area contributed by atoms with Crippen molar-refractivity contribution in [2.24, 2.45) is 5.92 Å². The lowest BCUT2D eigenvalue weighted by Crippen LogP contribution is -2.28. The highest BCUT2D eigenvalue weighted by Crippen LogP contribution is 2.28. The Kier molecular flexibility index (Phi) is 4.21. The monoisotopic (exact) mass is 244 g/mol. The van der Waals surface area contributed by atoms with Crippen LogP contribution in [0.5, 0.6) is 5.75 Å². The van der Waals surface area contributed by atoms with Crippen molar-refractivity contribution in [1.82, 2.24) is 0 Å². The van der Waals surface area contributed by atoms with Crippen LogP contribution in [-0.2, 0) is 0 Å². The van der Waals surface area contributed by atoms with Crippen molar-refractivity contribution in [3.05, 3.63) is 24.3 Å². The van der Waals surface area contributed by atoms with Crippen molar-refractivity contribution in [3.63, 3.8) is 0 Å². The van der Waals surface area contributed by atoms with Crippen molar-refractivity contribution >= 4 is 5.69 Å². The van der Waals surface area contributed by atoms with Crippen LogP contribution in [0.1, 0.15) is 0 Å². The molecule has 1 unspecified atom stereocenters. The minimum Gasteiger partial charge on any atom is -0.495 e. The average molecular weight is 244 g/mol. The van der Waals surface area contributed by atoms with Crippen LogP contribution in [0.25, 0.3) is 0 Å². The smallest absolute Gasteiger partial charge is 0.406 e. The standard InChI is InChI=1S/C11H11F3N2O/c1-17-10-5-3-2-4-9(10)16-7-8(6-15)11(12,13)14/h2-5,8,16H,7H2,1H3. The van der Waals surface area contributed by atoms with Crippen LogP contribution in [0, 0.1) is 17.2 Å². The second-order valence-electron chi connectivity index (χ2n) is 3.30. The molecule has 0 saturated carbocycles. The third-order valence-electron chi connectivity index (χ3n) is 2.15. The van der Waals surface area contributed by atoms with Crippen LogP contribution in [-0.4, -0.2) is 19.8 Å². The minimum absolute atomic E-state index is 0.430. The first-order chi connectivity index (χ1) is 7.99. The number of alkyl halides is 3. The zero-order valence-electron chi connectivity index (χ0n) is 9.08. The van der Waals surface area contributed by atoms with Gasteiger partial charge in [-0.05, 0) is 12.1 Å². The largest absolute Gasteiger partial charge is 0.495 e. The van der Waals surface area contributed by atoms with Gasteiger partial charge in [-0.1, -0.05) is 12.1 Å². The molecule has 1 atom stereocenters. The van der Waals surface area contributed by atoms with E-state index in [4.69, 9.17) is 10.00 Å². The number of benzene rings is 1. The number of anilines is 1. The van der Waals surface area contributed by atoms with Crippen molar-refractivity contribution in [1.29, 1.82) is 5.26 Å². The van der Waals surface area contributed by atoms with Gasteiger partial charge in [0.1, 0.15) is 5.75 Å². The average Bonchev–Trinajstić information content (AvgIpc) is 2.28. The summed E-state index contributed by atoms with van der Waals surface area (Å²) >= 11 is 0. The number of nitrogens with zero attached hydrogens (tertiary/aromatic N) is 1. The number of nitriles is 1. The lowest BCUT2D eigenvalue weighted by Gasteiger charge is -2.16. The molecule has 0 aliphatic rings. The number of nitrogens with one attached hydrogen (secondary N) is 1. The van der Waals surface area contributed by atoms with E-state index < -0.39 is 18.6 Å². The van der Waals surface area contributed by atoms with E-state index in [-0.39, 0.29) is 0 Å². The molecular weight excluding hydrogens is 233 g/mol. The van der Waals surface area contributed by atoms with Gasteiger partial charge in [-0.15, -0.1) is 0 Å². The normalized spacial score (nSPS) is 12.6. The SMILES string of the molecule is COc1ccccc1NCC(C#N)C(F)(F)F. The number of halogens is 3. The van der Waals surface area contributed by atoms with E-state index in [2.05, 4.69) is 5.32 Å². The number of hydrogen-bond donors (Lipinski definition) is 1. The quantitative estimate of drug-likeness (QED) is 0.885. The summed E-state index contributed by atoms with van der Waals surface area (Å²) < 4.78 is 41.9. The van der Waals surface area contributed by atoms with Gasteiger partial charge in [0, 0.05) is 6.54 Å². The van der Waals surface area contributed by atoms with Gasteiger partial charge in [0.25, 0.3) is 0 Å². The molecule has 0 aromatic heterocycles. The van der Waals surface area contributed by atoms with Gasteiger partial charge < -0.3 is 10.1 Å². The second kappa shape index (κ2) is 5.43. The molecule has 1 aromatic carbocycles. The van der Waals surface area contributed by atoms with Crippen molar-refractivity contribution in [3.8, 4) is 11.8 Å². The van der Waals surface area contributed by atoms with Gasteiger partial charge in [-0.2, -0.15) is 18.4 Å². The fraction of sp³-hybridized carbons (Fsp3) is 0.364. The molecule has 0 bridgehead atoms. The zero-order valence-corrected chi connectivity index (χ0v) is 9.08. The lowest BCUT2D eigenvalue weighted by atomic mass is 10.1. The summed E-state index contributed by atoms with van der Waals surface area (Å²) in [5.41, 5.74) is 0.430. The maximum absolute atomic E-state index is 12.3. The summed E-state index contributed by atoms with van der Waals surface area (Å²) in [6.07, 6.45) is -4.52. The molecule has 1 rings (SSSR count). The Labute approximate surface area is 96.8 Å². The van der Waals surface area contributed by atoms with Crippen molar-refractivity contribution in [2.45, 2.75) is 6.18 Å². The summed E-state index contributed by atoms with van der Waals surface area (Å²) in [4.78, 5) is 0. The molecule has 0 saturated heterocycles. The number of methoxy groups -OCH3 is 1. The topological polar surface area (TPSA) is 45.0 Å². The van der Waals surface area contributed by atoms with E-state index in [1.54, 1.807) is 24.3 Å². The van der Waals surface area contributed by atoms with Gasteiger partial charge in [-0.3, -0.25) is 0 Å². The Hall–Kier alpha value is -1.90. The van der Waals surface area contributed by atoms with Crippen LogP contribution in [0.2, 0.25) is 0 Å². The molecule has 0 heterocycles. The number of ether oxygens (including phenoxy) is 1. The number of hydrogen-bond acceptors (Lipinski definition) is 3. The number of para-hydroxylation sites is 2. The summed E-state index contributed by atoms with van der Waals surface area (Å²) in [6, 6.07) is 7.80. The molecule has 1 N–H and O–H groups in total. The molecule has 92 valence electrons. The van der Waals surface area contributed by atoms with Crippen LogP contribution in [0.15, 0.2) is 24.3 Å². The molecule has 3 nitrogen and oxygen atoms in total. The van der Waals surface area contributed by atoms with E-state index in [1.807, 2.05) is 0 Å². The second-order valence-corrected chi connectivity index (χ2v) is 3.30. The molecule has 0 radical (unpaired) electrons. The van der Waals surface area contributed by atoms with Gasteiger partial charge in [0.15, 0.2) is 5.92 Å². The highest BCUT2D eigenvalue weighted by Gasteiger charge is 2.39. The minimum atomic E-state index is -4.52. The summed E-state index contributed by atoms with van der Waals surface area (Å²) in [5, 5.41) is 11.0. The third kappa shape index (κ3) is 3.55. The molecule has 0 aliphatic heterocycles. The Morgan fingerprint density at radius 2 is 2.06 bits per heavy atom. The molecule has 1 aromatic rings. The van der Waals surface area contributed by atoms with Gasteiger partial charge in [0.05, 0.1) is 18.9 Å². The summed E-state index contributed by atoms with van der Waals surface area (Å²) in [7, 11) is 1.42. The summed E-state index contributed by atoms with van der Waals surface area (Å²) in [6.45, 7) is -0.500. The van der Waals surface area contributed by atoms with Crippen LogP contribution in [0.4, 0.5) is 18.9 Å². The predicted octanol–water partition coefficient (Wildman–Crippen LogP) is 2.81. The molecular formula is C11H11F3N2O. The third-order valence-corrected chi connectivity index (χ3v) is 2.15. The fourth-order valence-corrected chi connectivity index (χ4v) is 1.24. The van der Waals surface area contributed by atoms with Crippen LogP contribution < -0.4 is 10.1 Å². The van der Waals surface area contributed by atoms with E-state index in [9.17, 15) is 13.2 Å². The first kappa shape index (κ1) is 13.2.